The third-order valence-corrected chi connectivity index (χ3v) is 10.4. The van der Waals surface area contributed by atoms with Crippen LogP contribution < -0.4 is 0 Å². The highest BCUT2D eigenvalue weighted by Crippen LogP contribution is 2.73. The van der Waals surface area contributed by atoms with E-state index in [0.29, 0.717) is 10.8 Å². The van der Waals surface area contributed by atoms with E-state index < -0.39 is 0 Å². The molecule has 1 aromatic carbocycles. The smallest absolute Gasteiger partial charge is 0.0474 e. The molecule has 8 aliphatic rings. The zero-order valence-corrected chi connectivity index (χ0v) is 17.8. The fourth-order valence-electron chi connectivity index (χ4n) is 10.8. The van der Waals surface area contributed by atoms with Gasteiger partial charge in [0.1, 0.15) is 5.56 Å². The number of aryl methyl sites for hydroxylation is 1. The quantitative estimate of drug-likeness (QED) is 0.486. The zero-order chi connectivity index (χ0) is 18.5. The van der Waals surface area contributed by atoms with Gasteiger partial charge in [0.15, 0.2) is 0 Å². The molecule has 28 heavy (non-hydrogen) atoms. The monoisotopic (exact) mass is 373 g/mol. The van der Waals surface area contributed by atoms with Crippen molar-refractivity contribution in [2.24, 2.45) is 46.3 Å². The average molecular weight is 374 g/mol. The molecule has 0 saturated heterocycles. The fraction of sp³-hybridized carbons (Fsp3) is 0.750. The van der Waals surface area contributed by atoms with Gasteiger partial charge in [-0.2, -0.15) is 0 Å². The van der Waals surface area contributed by atoms with Crippen molar-refractivity contribution >= 4 is 0 Å². The molecule has 0 heterocycles. The lowest BCUT2D eigenvalue weighted by Gasteiger charge is -2.64. The van der Waals surface area contributed by atoms with Gasteiger partial charge in [-0.25, -0.2) is 0 Å². The van der Waals surface area contributed by atoms with Gasteiger partial charge in [0.05, 0.1) is 0 Å². The van der Waals surface area contributed by atoms with E-state index in [4.69, 9.17) is 0 Å². The van der Waals surface area contributed by atoms with E-state index in [-0.39, 0.29) is 0 Å². The van der Waals surface area contributed by atoms with Crippen LogP contribution in [0.5, 0.6) is 0 Å². The molecule has 0 radical (unpaired) electrons. The Kier molecular flexibility index (Phi) is 3.38. The molecule has 148 valence electrons. The average Bonchev–Trinajstić information content (AvgIpc) is 2.59. The van der Waals surface area contributed by atoms with E-state index in [0.717, 1.165) is 35.5 Å². The minimum Gasteiger partial charge on any atom is -0.0474 e. The molecule has 8 fully saturated rings. The van der Waals surface area contributed by atoms with Crippen LogP contribution in [0.15, 0.2) is 24.3 Å². The Bertz CT molecular complexity index is 670. The molecule has 0 aliphatic heterocycles. The molecule has 0 aromatic heterocycles. The third kappa shape index (κ3) is 2.33. The van der Waals surface area contributed by atoms with Crippen molar-refractivity contribution in [3.05, 3.63) is 41.3 Å². The van der Waals surface area contributed by atoms with E-state index in [1.165, 1.54) is 5.56 Å². The maximum Gasteiger partial charge on any atom is 0.134 e. The standard InChI is InChI=1S/C28H37/c1-18-3-2-4-25(5-18)26(27-12-19-6-20(13-27)8-21(7-19)14-27)28-15-22-9-23(16-28)11-24(10-22)17-28/h2-5,19-24H,6-17H2,1H3/q+1. The summed E-state index contributed by atoms with van der Waals surface area (Å²) in [5.74, 6) is 8.36. The molecule has 8 aliphatic carbocycles. The first-order valence-electron chi connectivity index (χ1n) is 12.5. The van der Waals surface area contributed by atoms with Crippen molar-refractivity contribution in [2.45, 2.75) is 84.0 Å². The first-order chi connectivity index (χ1) is 13.6. The van der Waals surface area contributed by atoms with Gasteiger partial charge >= 0.3 is 0 Å². The summed E-state index contributed by atoms with van der Waals surface area (Å²) in [4.78, 5) is 0. The van der Waals surface area contributed by atoms with E-state index in [1.54, 1.807) is 82.6 Å². The Morgan fingerprint density at radius 2 is 1.04 bits per heavy atom. The van der Waals surface area contributed by atoms with Gasteiger partial charge in [0, 0.05) is 34.4 Å². The van der Waals surface area contributed by atoms with Crippen molar-refractivity contribution in [1.29, 1.82) is 0 Å². The molecule has 0 heteroatoms. The highest BCUT2D eigenvalue weighted by molar-refractivity contribution is 5.43. The predicted molar refractivity (Wildman–Crippen MR) is 115 cm³/mol. The van der Waals surface area contributed by atoms with Gasteiger partial charge < -0.3 is 0 Å². The number of hydrogen-bond acceptors (Lipinski definition) is 0. The second kappa shape index (κ2) is 5.61. The largest absolute Gasteiger partial charge is 0.134 e. The molecule has 8 saturated carbocycles. The lowest BCUT2D eigenvalue weighted by atomic mass is 9.37. The number of rotatable bonds is 3. The van der Waals surface area contributed by atoms with E-state index >= 15 is 0 Å². The normalized spacial score (nSPS) is 50.3. The minimum atomic E-state index is 0.578. The fourth-order valence-corrected chi connectivity index (χ4v) is 10.8. The third-order valence-electron chi connectivity index (χ3n) is 10.4. The van der Waals surface area contributed by atoms with Crippen LogP contribution in [0.3, 0.4) is 0 Å². The van der Waals surface area contributed by atoms with Crippen molar-refractivity contribution in [2.75, 3.05) is 0 Å². The van der Waals surface area contributed by atoms with Gasteiger partial charge in [-0.1, -0.05) is 0 Å². The summed E-state index contributed by atoms with van der Waals surface area (Å²) in [7, 11) is 0. The van der Waals surface area contributed by atoms with Gasteiger partial charge in [-0.15, -0.1) is 0 Å². The Labute approximate surface area is 171 Å². The molecular formula is C28H37+. The van der Waals surface area contributed by atoms with Gasteiger partial charge in [0.2, 0.25) is 0 Å². The van der Waals surface area contributed by atoms with Crippen LogP contribution in [0, 0.1) is 59.2 Å². The Hall–Kier alpha value is -0.910. The van der Waals surface area contributed by atoms with Crippen LogP contribution in [-0.2, 0) is 0 Å². The SMILES string of the molecule is Cc1cccc([C+](C23CC4CC(CC(C4)C2)C3)C23CC4CC(CC(C4)C2)C3)c1. The summed E-state index contributed by atoms with van der Waals surface area (Å²) in [6.45, 7) is 2.32. The summed E-state index contributed by atoms with van der Waals surface area (Å²) in [5, 5.41) is 0. The molecule has 1 aromatic rings. The van der Waals surface area contributed by atoms with Crippen molar-refractivity contribution in [3.63, 3.8) is 0 Å². The first kappa shape index (κ1) is 16.8. The lowest BCUT2D eigenvalue weighted by molar-refractivity contribution is -0.0988. The number of benzene rings is 1. The van der Waals surface area contributed by atoms with Crippen LogP contribution >= 0.6 is 0 Å². The van der Waals surface area contributed by atoms with Gasteiger partial charge in [-0.05, 0) is 132 Å². The topological polar surface area (TPSA) is 0 Å². The Balaban J connectivity index is 1.38. The second-order valence-electron chi connectivity index (χ2n) is 12.6. The summed E-state index contributed by atoms with van der Waals surface area (Å²) in [5.41, 5.74) is 4.32. The molecule has 0 N–H and O–H groups in total. The van der Waals surface area contributed by atoms with Crippen molar-refractivity contribution < 1.29 is 0 Å². The predicted octanol–water partition coefficient (Wildman–Crippen LogP) is 7.35. The summed E-state index contributed by atoms with van der Waals surface area (Å²) in [6.07, 6.45) is 18.7. The van der Waals surface area contributed by atoms with Crippen LogP contribution in [0.2, 0.25) is 0 Å². The van der Waals surface area contributed by atoms with Crippen LogP contribution in [0.1, 0.15) is 88.2 Å². The highest BCUT2D eigenvalue weighted by atomic mass is 14.7. The minimum absolute atomic E-state index is 0.578. The van der Waals surface area contributed by atoms with Crippen LogP contribution in [0.25, 0.3) is 0 Å². The van der Waals surface area contributed by atoms with E-state index in [1.807, 2.05) is 5.92 Å². The van der Waals surface area contributed by atoms with Crippen LogP contribution in [0.4, 0.5) is 0 Å². The number of hydrogen-bond donors (Lipinski definition) is 0. The molecule has 8 bridgehead atoms. The van der Waals surface area contributed by atoms with Gasteiger partial charge in [-0.3, -0.25) is 0 Å². The molecule has 0 unspecified atom stereocenters. The molecule has 0 spiro atoms. The summed E-state index contributed by atoms with van der Waals surface area (Å²) >= 11 is 0. The maximum absolute atomic E-state index is 2.59. The lowest BCUT2D eigenvalue weighted by Crippen LogP contribution is -2.57. The summed E-state index contributed by atoms with van der Waals surface area (Å²) < 4.78 is 0. The molecule has 0 nitrogen and oxygen atoms in total. The Morgan fingerprint density at radius 3 is 1.39 bits per heavy atom. The van der Waals surface area contributed by atoms with Crippen LogP contribution in [-0.4, -0.2) is 0 Å². The zero-order valence-electron chi connectivity index (χ0n) is 17.8. The molecular weight excluding hydrogens is 336 g/mol. The molecule has 0 amide bonds. The molecule has 9 rings (SSSR count). The van der Waals surface area contributed by atoms with E-state index in [2.05, 4.69) is 31.2 Å². The first-order valence-corrected chi connectivity index (χ1v) is 12.5. The van der Waals surface area contributed by atoms with Crippen molar-refractivity contribution in [1.82, 2.24) is 0 Å². The van der Waals surface area contributed by atoms with E-state index in [9.17, 15) is 0 Å². The summed E-state index contributed by atoms with van der Waals surface area (Å²) in [6, 6.07) is 9.80. The maximum atomic E-state index is 2.59. The Morgan fingerprint density at radius 1 is 0.643 bits per heavy atom. The highest BCUT2D eigenvalue weighted by Gasteiger charge is 2.66. The molecule has 0 atom stereocenters. The van der Waals surface area contributed by atoms with Crippen molar-refractivity contribution in [3.8, 4) is 0 Å². The second-order valence-corrected chi connectivity index (χ2v) is 12.6. The van der Waals surface area contributed by atoms with Gasteiger partial charge in [0.25, 0.3) is 0 Å².